The molecule has 4 nitrogen and oxygen atoms in total. The molecule has 0 aliphatic rings. The van der Waals surface area contributed by atoms with E-state index in [1.165, 1.54) is 51.4 Å². The first-order valence-electron chi connectivity index (χ1n) is 8.81. The van der Waals surface area contributed by atoms with Gasteiger partial charge in [-0.25, -0.2) is 0 Å². The molecule has 0 bridgehead atoms. The normalized spacial score (nSPS) is 15.0. The SMILES string of the molecule is CCCCCCCCCCCC#CC[C@@H](O)[C@@H](O)[C@@H](N)CO. The van der Waals surface area contributed by atoms with E-state index < -0.39 is 18.2 Å². The highest BCUT2D eigenvalue weighted by Gasteiger charge is 2.21. The zero-order chi connectivity index (χ0) is 16.6. The molecular weight excluding hydrogens is 278 g/mol. The lowest BCUT2D eigenvalue weighted by Gasteiger charge is -2.20. The van der Waals surface area contributed by atoms with Crippen molar-refractivity contribution in [3.05, 3.63) is 0 Å². The van der Waals surface area contributed by atoms with Crippen molar-refractivity contribution < 1.29 is 15.3 Å². The predicted octanol–water partition coefficient (Wildman–Crippen LogP) is 2.34. The lowest BCUT2D eigenvalue weighted by molar-refractivity contribution is -0.00411. The lowest BCUT2D eigenvalue weighted by atomic mass is 10.0. The van der Waals surface area contributed by atoms with E-state index in [2.05, 4.69) is 18.8 Å². The maximum absolute atomic E-state index is 9.64. The number of nitrogens with two attached hydrogens (primary N) is 1. The highest BCUT2D eigenvalue weighted by molar-refractivity contribution is 5.01. The van der Waals surface area contributed by atoms with Gasteiger partial charge in [-0.2, -0.15) is 0 Å². The summed E-state index contributed by atoms with van der Waals surface area (Å²) in [5.41, 5.74) is 5.45. The second kappa shape index (κ2) is 15.3. The fourth-order valence-corrected chi connectivity index (χ4v) is 2.30. The van der Waals surface area contributed by atoms with Gasteiger partial charge in [-0.15, -0.1) is 11.8 Å². The van der Waals surface area contributed by atoms with E-state index in [0.29, 0.717) is 0 Å². The molecule has 4 heteroatoms. The molecular formula is C18H35NO3. The van der Waals surface area contributed by atoms with Gasteiger partial charge < -0.3 is 21.1 Å². The third-order valence-electron chi connectivity index (χ3n) is 3.89. The molecule has 0 rings (SSSR count). The Balaban J connectivity index is 3.45. The van der Waals surface area contributed by atoms with Crippen molar-refractivity contribution in [1.29, 1.82) is 0 Å². The van der Waals surface area contributed by atoms with Gasteiger partial charge in [-0.3, -0.25) is 0 Å². The van der Waals surface area contributed by atoms with E-state index >= 15 is 0 Å². The number of unbranched alkanes of at least 4 members (excludes halogenated alkanes) is 9. The molecule has 0 radical (unpaired) electrons. The average Bonchev–Trinajstić information content (AvgIpc) is 2.54. The molecule has 0 aromatic heterocycles. The van der Waals surface area contributed by atoms with Crippen LogP contribution in [0.3, 0.4) is 0 Å². The minimum Gasteiger partial charge on any atom is -0.395 e. The standard InChI is InChI=1S/C18H35NO3/c1-2-3-4-5-6-7-8-9-10-11-12-13-14-17(21)18(22)16(19)15-20/h16-18,20-22H,2-11,14-15,19H2,1H3/t16-,17+,18-/m0/s1. The van der Waals surface area contributed by atoms with Gasteiger partial charge in [-0.1, -0.05) is 58.3 Å². The van der Waals surface area contributed by atoms with Crippen molar-refractivity contribution in [3.63, 3.8) is 0 Å². The first-order valence-corrected chi connectivity index (χ1v) is 8.81. The van der Waals surface area contributed by atoms with E-state index in [0.717, 1.165) is 12.8 Å². The Morgan fingerprint density at radius 3 is 1.95 bits per heavy atom. The van der Waals surface area contributed by atoms with Crippen LogP contribution in [0.25, 0.3) is 0 Å². The minimum atomic E-state index is -1.12. The summed E-state index contributed by atoms with van der Waals surface area (Å²) in [5, 5.41) is 28.0. The summed E-state index contributed by atoms with van der Waals surface area (Å²) in [7, 11) is 0. The Labute approximate surface area is 136 Å². The maximum atomic E-state index is 9.64. The Kier molecular flexibility index (Phi) is 14.9. The van der Waals surface area contributed by atoms with Crippen LogP contribution >= 0.6 is 0 Å². The summed E-state index contributed by atoms with van der Waals surface area (Å²) in [6.45, 7) is 1.89. The number of hydrogen-bond acceptors (Lipinski definition) is 4. The Bertz CT molecular complexity index is 298. The molecule has 0 heterocycles. The third-order valence-corrected chi connectivity index (χ3v) is 3.89. The Hall–Kier alpha value is -0.600. The van der Waals surface area contributed by atoms with Crippen LogP contribution < -0.4 is 5.73 Å². The molecule has 0 saturated carbocycles. The van der Waals surface area contributed by atoms with Crippen molar-refractivity contribution in [3.8, 4) is 11.8 Å². The van der Waals surface area contributed by atoms with E-state index in [-0.39, 0.29) is 13.0 Å². The van der Waals surface area contributed by atoms with Gasteiger partial charge in [-0.05, 0) is 6.42 Å². The van der Waals surface area contributed by atoms with Gasteiger partial charge in [0, 0.05) is 12.8 Å². The molecule has 3 atom stereocenters. The van der Waals surface area contributed by atoms with Crippen LogP contribution in [0.15, 0.2) is 0 Å². The summed E-state index contributed by atoms with van der Waals surface area (Å²) < 4.78 is 0. The van der Waals surface area contributed by atoms with E-state index in [4.69, 9.17) is 10.8 Å². The van der Waals surface area contributed by atoms with Gasteiger partial charge in [0.15, 0.2) is 0 Å². The summed E-state index contributed by atoms with van der Waals surface area (Å²) >= 11 is 0. The van der Waals surface area contributed by atoms with Gasteiger partial charge in [0.1, 0.15) is 0 Å². The second-order valence-corrected chi connectivity index (χ2v) is 6.04. The minimum absolute atomic E-state index is 0.201. The monoisotopic (exact) mass is 313 g/mol. The molecule has 0 spiro atoms. The van der Waals surface area contributed by atoms with Gasteiger partial charge in [0.2, 0.25) is 0 Å². The van der Waals surface area contributed by atoms with Crippen LogP contribution in [-0.4, -0.2) is 40.2 Å². The van der Waals surface area contributed by atoms with Crippen LogP contribution in [0.5, 0.6) is 0 Å². The average molecular weight is 313 g/mol. The first-order chi connectivity index (χ1) is 10.6. The van der Waals surface area contributed by atoms with Crippen LogP contribution in [0.2, 0.25) is 0 Å². The Morgan fingerprint density at radius 1 is 0.864 bits per heavy atom. The fraction of sp³-hybridized carbons (Fsp3) is 0.889. The third kappa shape index (κ3) is 12.0. The molecule has 5 N–H and O–H groups in total. The van der Waals surface area contributed by atoms with Crippen molar-refractivity contribution >= 4 is 0 Å². The zero-order valence-electron chi connectivity index (χ0n) is 14.1. The molecule has 130 valence electrons. The molecule has 22 heavy (non-hydrogen) atoms. The largest absolute Gasteiger partial charge is 0.395 e. The molecule has 0 amide bonds. The van der Waals surface area contributed by atoms with Gasteiger partial charge in [0.25, 0.3) is 0 Å². The molecule has 0 saturated heterocycles. The van der Waals surface area contributed by atoms with Crippen LogP contribution in [0, 0.1) is 11.8 Å². The summed E-state index contributed by atoms with van der Waals surface area (Å²) in [5.74, 6) is 5.90. The Morgan fingerprint density at radius 2 is 1.41 bits per heavy atom. The van der Waals surface area contributed by atoms with Crippen molar-refractivity contribution in [2.45, 2.75) is 95.8 Å². The number of rotatable bonds is 13. The van der Waals surface area contributed by atoms with E-state index in [1.54, 1.807) is 0 Å². The predicted molar refractivity (Wildman–Crippen MR) is 91.3 cm³/mol. The van der Waals surface area contributed by atoms with E-state index in [1.807, 2.05) is 0 Å². The molecule has 0 aliphatic carbocycles. The summed E-state index contributed by atoms with van der Waals surface area (Å²) in [4.78, 5) is 0. The molecule has 0 unspecified atom stereocenters. The zero-order valence-corrected chi connectivity index (χ0v) is 14.1. The highest BCUT2D eigenvalue weighted by Crippen LogP contribution is 2.10. The smallest absolute Gasteiger partial charge is 0.0981 e. The quantitative estimate of drug-likeness (QED) is 0.310. The molecule has 0 aromatic carbocycles. The number of hydrogen-bond donors (Lipinski definition) is 4. The van der Waals surface area contributed by atoms with Crippen molar-refractivity contribution in [1.82, 2.24) is 0 Å². The van der Waals surface area contributed by atoms with Gasteiger partial charge in [0.05, 0.1) is 24.9 Å². The van der Waals surface area contributed by atoms with Gasteiger partial charge >= 0.3 is 0 Å². The van der Waals surface area contributed by atoms with Crippen LogP contribution in [0.4, 0.5) is 0 Å². The maximum Gasteiger partial charge on any atom is 0.0981 e. The summed E-state index contributed by atoms with van der Waals surface area (Å²) in [6, 6.07) is -0.811. The summed E-state index contributed by atoms with van der Waals surface area (Å²) in [6.07, 6.45) is 10.6. The topological polar surface area (TPSA) is 86.7 Å². The lowest BCUT2D eigenvalue weighted by Crippen LogP contribution is -2.45. The fourth-order valence-electron chi connectivity index (χ4n) is 2.30. The first kappa shape index (κ1) is 21.4. The molecule has 0 aromatic rings. The van der Waals surface area contributed by atoms with Crippen molar-refractivity contribution in [2.75, 3.05) is 6.61 Å². The van der Waals surface area contributed by atoms with E-state index in [9.17, 15) is 10.2 Å². The molecule has 0 aliphatic heterocycles. The van der Waals surface area contributed by atoms with Crippen LogP contribution in [-0.2, 0) is 0 Å². The second-order valence-electron chi connectivity index (χ2n) is 6.04. The number of aliphatic hydroxyl groups is 3. The van der Waals surface area contributed by atoms with Crippen molar-refractivity contribution in [2.24, 2.45) is 5.73 Å². The van der Waals surface area contributed by atoms with Crippen LogP contribution in [0.1, 0.15) is 77.6 Å². The molecule has 0 fully saturated rings. The number of aliphatic hydroxyl groups excluding tert-OH is 3. The highest BCUT2D eigenvalue weighted by atomic mass is 16.3.